The summed E-state index contributed by atoms with van der Waals surface area (Å²) in [5, 5.41) is 0. The summed E-state index contributed by atoms with van der Waals surface area (Å²) in [6, 6.07) is 7.43. The standard InChI is InChI=1S/C8H8NOP/c9-8-3-1-7(2-4-8)5-6-11-10/h1-4H,5,9H2. The van der Waals surface area contributed by atoms with Crippen LogP contribution in [0.4, 0.5) is 5.69 Å². The van der Waals surface area contributed by atoms with Gasteiger partial charge in [-0.05, 0) is 0 Å². The van der Waals surface area contributed by atoms with Crippen LogP contribution in [0.15, 0.2) is 24.3 Å². The molecular weight excluding hydrogens is 157 g/mol. The molecule has 0 fully saturated rings. The molecule has 0 atom stereocenters. The second-order valence-corrected chi connectivity index (χ2v) is 2.67. The molecule has 0 spiro atoms. The molecule has 11 heavy (non-hydrogen) atoms. The maximum absolute atomic E-state index is 10.0. The van der Waals surface area contributed by atoms with E-state index in [4.69, 9.17) is 5.73 Å². The number of hydrogen-bond donors (Lipinski definition) is 1. The zero-order valence-electron chi connectivity index (χ0n) is 5.95. The number of rotatable bonds is 1. The summed E-state index contributed by atoms with van der Waals surface area (Å²) in [6.07, 6.45) is 0.603. The van der Waals surface area contributed by atoms with E-state index in [-0.39, 0.29) is 7.92 Å². The fraction of sp³-hybridized carbons (Fsp3) is 0.125. The van der Waals surface area contributed by atoms with Crippen molar-refractivity contribution in [2.24, 2.45) is 0 Å². The number of hydrogen-bond acceptors (Lipinski definition) is 2. The third-order valence-electron chi connectivity index (χ3n) is 1.33. The Morgan fingerprint density at radius 3 is 2.55 bits per heavy atom. The summed E-state index contributed by atoms with van der Waals surface area (Å²) in [5.41, 5.74) is 9.95. The minimum atomic E-state index is -0.0406. The van der Waals surface area contributed by atoms with Crippen LogP contribution >= 0.6 is 7.92 Å². The molecule has 0 aliphatic carbocycles. The van der Waals surface area contributed by atoms with E-state index in [1.54, 1.807) is 0 Å². The predicted octanol–water partition coefficient (Wildman–Crippen LogP) is 2.06. The second kappa shape index (κ2) is 4.02. The Morgan fingerprint density at radius 1 is 1.36 bits per heavy atom. The van der Waals surface area contributed by atoms with Crippen molar-refractivity contribution in [2.45, 2.75) is 6.42 Å². The molecule has 0 amide bonds. The molecule has 1 aromatic rings. The molecular formula is C8H8NOP. The van der Waals surface area contributed by atoms with Crippen LogP contribution in [0.5, 0.6) is 0 Å². The topological polar surface area (TPSA) is 43.1 Å². The third-order valence-corrected chi connectivity index (χ3v) is 1.61. The van der Waals surface area contributed by atoms with Gasteiger partial charge in [0.15, 0.2) is 0 Å². The Balaban J connectivity index is 2.78. The van der Waals surface area contributed by atoms with E-state index >= 15 is 0 Å². The third kappa shape index (κ3) is 2.63. The van der Waals surface area contributed by atoms with Crippen molar-refractivity contribution in [1.82, 2.24) is 0 Å². The van der Waals surface area contributed by atoms with Crippen molar-refractivity contribution in [2.75, 3.05) is 5.73 Å². The van der Waals surface area contributed by atoms with Gasteiger partial charge >= 0.3 is 65.8 Å². The van der Waals surface area contributed by atoms with Crippen molar-refractivity contribution in [3.8, 4) is 5.63 Å². The van der Waals surface area contributed by atoms with Crippen molar-refractivity contribution >= 4 is 13.6 Å². The van der Waals surface area contributed by atoms with E-state index in [9.17, 15) is 4.57 Å². The molecule has 0 aromatic heterocycles. The van der Waals surface area contributed by atoms with Crippen molar-refractivity contribution in [1.29, 1.82) is 0 Å². The average Bonchev–Trinajstić information content (AvgIpc) is 2.04. The quantitative estimate of drug-likeness (QED) is 0.511. The van der Waals surface area contributed by atoms with Crippen LogP contribution in [0.2, 0.25) is 0 Å². The molecule has 1 rings (SSSR count). The molecule has 56 valence electrons. The summed E-state index contributed by atoms with van der Waals surface area (Å²) in [6.45, 7) is 0. The van der Waals surface area contributed by atoms with Crippen molar-refractivity contribution in [3.63, 3.8) is 0 Å². The fourth-order valence-corrected chi connectivity index (χ4v) is 1.01. The fourth-order valence-electron chi connectivity index (χ4n) is 0.759. The monoisotopic (exact) mass is 165 g/mol. The normalized spacial score (nSPS) is 8.73. The Kier molecular flexibility index (Phi) is 2.97. The molecule has 0 radical (unpaired) electrons. The summed E-state index contributed by atoms with van der Waals surface area (Å²) < 4.78 is 10.0. The molecule has 1 aromatic carbocycles. The van der Waals surface area contributed by atoms with E-state index in [1.807, 2.05) is 24.3 Å². The van der Waals surface area contributed by atoms with Crippen LogP contribution in [0, 0.1) is 5.63 Å². The van der Waals surface area contributed by atoms with Crippen LogP contribution in [-0.2, 0) is 11.0 Å². The predicted molar refractivity (Wildman–Crippen MR) is 46.1 cm³/mol. The summed E-state index contributed by atoms with van der Waals surface area (Å²) >= 11 is 0. The zero-order valence-corrected chi connectivity index (χ0v) is 6.84. The van der Waals surface area contributed by atoms with Gasteiger partial charge in [0.25, 0.3) is 0 Å². The summed E-state index contributed by atoms with van der Waals surface area (Å²) in [5.74, 6) is 0. The van der Waals surface area contributed by atoms with E-state index in [0.29, 0.717) is 6.42 Å². The first kappa shape index (κ1) is 8.13. The average molecular weight is 165 g/mol. The Hall–Kier alpha value is -0.970. The van der Waals surface area contributed by atoms with E-state index in [0.717, 1.165) is 11.3 Å². The Bertz CT molecular complexity index is 325. The molecule has 0 heterocycles. The molecule has 3 heteroatoms. The number of benzene rings is 1. The van der Waals surface area contributed by atoms with E-state index in [1.165, 1.54) is 0 Å². The first-order valence-electron chi connectivity index (χ1n) is 3.22. The van der Waals surface area contributed by atoms with Gasteiger partial charge in [0, 0.05) is 0 Å². The van der Waals surface area contributed by atoms with Crippen molar-refractivity contribution in [3.05, 3.63) is 29.8 Å². The van der Waals surface area contributed by atoms with Gasteiger partial charge in [0.1, 0.15) is 0 Å². The van der Waals surface area contributed by atoms with E-state index < -0.39 is 0 Å². The number of nitrogens with two attached hydrogens (primary N) is 1. The van der Waals surface area contributed by atoms with Gasteiger partial charge in [-0.25, -0.2) is 0 Å². The molecule has 0 unspecified atom stereocenters. The van der Waals surface area contributed by atoms with Crippen molar-refractivity contribution < 1.29 is 4.57 Å². The van der Waals surface area contributed by atoms with Gasteiger partial charge in [-0.15, -0.1) is 0 Å². The first-order valence-corrected chi connectivity index (χ1v) is 4.04. The van der Waals surface area contributed by atoms with Gasteiger partial charge in [-0.2, -0.15) is 0 Å². The second-order valence-electron chi connectivity index (χ2n) is 2.17. The van der Waals surface area contributed by atoms with Crippen LogP contribution in [0.25, 0.3) is 0 Å². The molecule has 0 saturated heterocycles. The van der Waals surface area contributed by atoms with E-state index in [2.05, 4.69) is 5.63 Å². The van der Waals surface area contributed by atoms with Gasteiger partial charge in [0.05, 0.1) is 0 Å². The molecule has 2 nitrogen and oxygen atoms in total. The SMILES string of the molecule is Nc1ccc(CC#P=O)cc1. The van der Waals surface area contributed by atoms with Crippen LogP contribution < -0.4 is 5.73 Å². The molecule has 0 bridgehead atoms. The maximum atomic E-state index is 10.0. The van der Waals surface area contributed by atoms with Gasteiger partial charge in [-0.3, -0.25) is 0 Å². The van der Waals surface area contributed by atoms with Gasteiger partial charge in [-0.1, -0.05) is 0 Å². The molecule has 2 N–H and O–H groups in total. The van der Waals surface area contributed by atoms with Gasteiger partial charge < -0.3 is 0 Å². The molecule has 0 aliphatic rings. The first-order chi connectivity index (χ1) is 5.33. The summed E-state index contributed by atoms with van der Waals surface area (Å²) in [4.78, 5) is 0. The van der Waals surface area contributed by atoms with Crippen LogP contribution in [0.3, 0.4) is 0 Å². The Labute approximate surface area is 66.5 Å². The molecule has 0 saturated carbocycles. The minimum absolute atomic E-state index is 0.0406. The zero-order chi connectivity index (χ0) is 8.10. The van der Waals surface area contributed by atoms with Crippen LogP contribution in [-0.4, -0.2) is 0 Å². The summed E-state index contributed by atoms with van der Waals surface area (Å²) in [7, 11) is -0.0406. The van der Waals surface area contributed by atoms with Gasteiger partial charge in [0.2, 0.25) is 0 Å². The molecule has 0 aliphatic heterocycles. The Morgan fingerprint density at radius 2 is 2.00 bits per heavy atom. The van der Waals surface area contributed by atoms with Crippen LogP contribution in [0.1, 0.15) is 5.56 Å². The number of nitrogen functional groups attached to an aromatic ring is 1. The number of anilines is 1.